The molecule has 1 N–H and O–H groups in total. The summed E-state index contributed by atoms with van der Waals surface area (Å²) in [6.45, 7) is 7.99. The Morgan fingerprint density at radius 3 is 2.59 bits per heavy atom. The highest BCUT2D eigenvalue weighted by molar-refractivity contribution is 7.09. The predicted molar refractivity (Wildman–Crippen MR) is 74.5 cm³/mol. The molecular formula is C14H24N2S. The van der Waals surface area contributed by atoms with Crippen LogP contribution in [0.15, 0.2) is 5.51 Å². The van der Waals surface area contributed by atoms with Gasteiger partial charge in [0.2, 0.25) is 0 Å². The lowest BCUT2D eigenvalue weighted by Gasteiger charge is -2.32. The van der Waals surface area contributed by atoms with E-state index in [-0.39, 0.29) is 0 Å². The molecule has 1 aromatic heterocycles. The molecule has 0 spiro atoms. The second kappa shape index (κ2) is 5.96. The number of aromatic nitrogens is 1. The molecule has 3 heteroatoms. The van der Waals surface area contributed by atoms with Crippen LogP contribution >= 0.6 is 11.3 Å². The number of hydrogen-bond donors (Lipinski definition) is 1. The van der Waals surface area contributed by atoms with Crippen LogP contribution in [0.1, 0.15) is 43.7 Å². The third-order valence-corrected chi connectivity index (χ3v) is 4.80. The molecular weight excluding hydrogens is 228 g/mol. The van der Waals surface area contributed by atoms with Gasteiger partial charge in [-0.25, -0.2) is 4.98 Å². The Morgan fingerprint density at radius 1 is 1.29 bits per heavy atom. The lowest BCUT2D eigenvalue weighted by atomic mass is 9.80. The van der Waals surface area contributed by atoms with Crippen LogP contribution in [0.25, 0.3) is 0 Å². The van der Waals surface area contributed by atoms with E-state index in [9.17, 15) is 0 Å². The summed E-state index contributed by atoms with van der Waals surface area (Å²) in [5, 5.41) is 3.73. The number of thiazole rings is 1. The van der Waals surface area contributed by atoms with E-state index in [2.05, 4.69) is 31.1 Å². The van der Waals surface area contributed by atoms with E-state index >= 15 is 0 Å². The van der Waals surface area contributed by atoms with Gasteiger partial charge in [0.1, 0.15) is 0 Å². The largest absolute Gasteiger partial charge is 0.314 e. The zero-order chi connectivity index (χ0) is 12.3. The Kier molecular flexibility index (Phi) is 4.57. The molecule has 0 saturated heterocycles. The monoisotopic (exact) mass is 252 g/mol. The third-order valence-electron chi connectivity index (χ3n) is 3.81. The summed E-state index contributed by atoms with van der Waals surface area (Å²) in [7, 11) is 0. The van der Waals surface area contributed by atoms with Gasteiger partial charge in [0.05, 0.1) is 11.2 Å². The van der Waals surface area contributed by atoms with Crippen molar-refractivity contribution in [3.8, 4) is 0 Å². The van der Waals surface area contributed by atoms with E-state index in [0.717, 1.165) is 30.8 Å². The van der Waals surface area contributed by atoms with Crippen molar-refractivity contribution in [2.24, 2.45) is 11.8 Å². The smallest absolute Gasteiger partial charge is 0.0797 e. The SMILES string of the molecule is Cc1ncsc1CCNC1CC(C)CC(C)C1. The maximum atomic E-state index is 4.30. The first-order valence-electron chi connectivity index (χ1n) is 6.77. The van der Waals surface area contributed by atoms with Crippen molar-refractivity contribution < 1.29 is 0 Å². The van der Waals surface area contributed by atoms with E-state index in [1.165, 1.54) is 29.8 Å². The summed E-state index contributed by atoms with van der Waals surface area (Å²) in [5.41, 5.74) is 3.16. The van der Waals surface area contributed by atoms with Crippen molar-refractivity contribution in [3.05, 3.63) is 16.1 Å². The van der Waals surface area contributed by atoms with Crippen molar-refractivity contribution >= 4 is 11.3 Å². The second-order valence-electron chi connectivity index (χ2n) is 5.68. The molecule has 17 heavy (non-hydrogen) atoms. The second-order valence-corrected chi connectivity index (χ2v) is 6.62. The molecule has 2 nitrogen and oxygen atoms in total. The molecule has 1 saturated carbocycles. The Morgan fingerprint density at radius 2 is 2.00 bits per heavy atom. The molecule has 2 atom stereocenters. The molecule has 0 amide bonds. The number of nitrogens with zero attached hydrogens (tertiary/aromatic N) is 1. The fraction of sp³-hybridized carbons (Fsp3) is 0.786. The Bertz CT molecular complexity index is 338. The van der Waals surface area contributed by atoms with Crippen LogP contribution < -0.4 is 5.32 Å². The van der Waals surface area contributed by atoms with Crippen LogP contribution in [0, 0.1) is 18.8 Å². The van der Waals surface area contributed by atoms with Gasteiger partial charge in [0.15, 0.2) is 0 Å². The maximum Gasteiger partial charge on any atom is 0.0797 e. The number of rotatable bonds is 4. The van der Waals surface area contributed by atoms with Gasteiger partial charge >= 0.3 is 0 Å². The number of hydrogen-bond acceptors (Lipinski definition) is 3. The summed E-state index contributed by atoms with van der Waals surface area (Å²) in [5.74, 6) is 1.78. The predicted octanol–water partition coefficient (Wildman–Crippen LogP) is 3.41. The minimum atomic E-state index is 0.738. The molecule has 1 fully saturated rings. The molecule has 0 radical (unpaired) electrons. The van der Waals surface area contributed by atoms with E-state index in [0.29, 0.717) is 0 Å². The minimum absolute atomic E-state index is 0.738. The summed E-state index contributed by atoms with van der Waals surface area (Å²) in [6, 6.07) is 0.738. The summed E-state index contributed by atoms with van der Waals surface area (Å²) in [4.78, 5) is 5.74. The standard InChI is InChI=1S/C14H24N2S/c1-10-6-11(2)8-13(7-10)15-5-4-14-12(3)16-9-17-14/h9-11,13,15H,4-8H2,1-3H3. The van der Waals surface area contributed by atoms with Gasteiger partial charge in [-0.15, -0.1) is 11.3 Å². The van der Waals surface area contributed by atoms with Crippen molar-refractivity contribution in [2.75, 3.05) is 6.54 Å². The molecule has 1 aromatic rings. The van der Waals surface area contributed by atoms with Crippen LogP contribution in [0.5, 0.6) is 0 Å². The lowest BCUT2D eigenvalue weighted by molar-refractivity contribution is 0.240. The zero-order valence-electron chi connectivity index (χ0n) is 11.2. The van der Waals surface area contributed by atoms with E-state index in [4.69, 9.17) is 0 Å². The normalized spacial score (nSPS) is 29.5. The van der Waals surface area contributed by atoms with Gasteiger partial charge < -0.3 is 5.32 Å². The topological polar surface area (TPSA) is 24.9 Å². The average Bonchev–Trinajstić information content (AvgIpc) is 2.63. The quantitative estimate of drug-likeness (QED) is 0.888. The lowest BCUT2D eigenvalue weighted by Crippen LogP contribution is -2.37. The van der Waals surface area contributed by atoms with Crippen LogP contribution in [0.2, 0.25) is 0 Å². The molecule has 1 aliphatic rings. The van der Waals surface area contributed by atoms with Crippen LogP contribution in [0.3, 0.4) is 0 Å². The Balaban J connectivity index is 1.73. The first-order chi connectivity index (χ1) is 8.15. The van der Waals surface area contributed by atoms with E-state index in [1.54, 1.807) is 11.3 Å². The third kappa shape index (κ3) is 3.78. The summed E-state index contributed by atoms with van der Waals surface area (Å²) < 4.78 is 0. The molecule has 2 rings (SSSR count). The zero-order valence-corrected chi connectivity index (χ0v) is 12.0. The number of nitrogens with one attached hydrogen (secondary N) is 1. The maximum absolute atomic E-state index is 4.30. The fourth-order valence-corrected chi connectivity index (χ4v) is 3.85. The van der Waals surface area contributed by atoms with Crippen molar-refractivity contribution in [3.63, 3.8) is 0 Å². The van der Waals surface area contributed by atoms with E-state index < -0.39 is 0 Å². The van der Waals surface area contributed by atoms with Gasteiger partial charge in [0, 0.05) is 17.5 Å². The highest BCUT2D eigenvalue weighted by atomic mass is 32.1. The van der Waals surface area contributed by atoms with Crippen molar-refractivity contribution in [1.82, 2.24) is 10.3 Å². The summed E-state index contributed by atoms with van der Waals surface area (Å²) in [6.07, 6.45) is 5.25. The molecule has 0 bridgehead atoms. The molecule has 1 aliphatic carbocycles. The molecule has 1 heterocycles. The van der Waals surface area contributed by atoms with Gasteiger partial charge in [-0.2, -0.15) is 0 Å². The van der Waals surface area contributed by atoms with Crippen LogP contribution in [-0.4, -0.2) is 17.6 Å². The van der Waals surface area contributed by atoms with Crippen molar-refractivity contribution in [1.29, 1.82) is 0 Å². The van der Waals surface area contributed by atoms with Gasteiger partial charge in [-0.1, -0.05) is 13.8 Å². The van der Waals surface area contributed by atoms with E-state index in [1.807, 2.05) is 5.51 Å². The Labute approximate surface area is 109 Å². The highest BCUT2D eigenvalue weighted by Crippen LogP contribution is 2.28. The molecule has 96 valence electrons. The number of aryl methyl sites for hydroxylation is 1. The van der Waals surface area contributed by atoms with Gasteiger partial charge in [0.25, 0.3) is 0 Å². The van der Waals surface area contributed by atoms with Gasteiger partial charge in [-0.05, 0) is 44.4 Å². The van der Waals surface area contributed by atoms with Crippen molar-refractivity contribution in [2.45, 2.75) is 52.5 Å². The van der Waals surface area contributed by atoms with Gasteiger partial charge in [-0.3, -0.25) is 0 Å². The Hall–Kier alpha value is -0.410. The summed E-state index contributed by atoms with van der Waals surface area (Å²) >= 11 is 1.79. The molecule has 0 aromatic carbocycles. The molecule has 0 aliphatic heterocycles. The highest BCUT2D eigenvalue weighted by Gasteiger charge is 2.23. The first-order valence-corrected chi connectivity index (χ1v) is 7.65. The minimum Gasteiger partial charge on any atom is -0.314 e. The first kappa shape index (κ1) is 13.0. The van der Waals surface area contributed by atoms with Crippen LogP contribution in [0.4, 0.5) is 0 Å². The fourth-order valence-electron chi connectivity index (χ4n) is 3.07. The molecule has 2 unspecified atom stereocenters. The average molecular weight is 252 g/mol. The van der Waals surface area contributed by atoms with Crippen LogP contribution in [-0.2, 0) is 6.42 Å².